The second kappa shape index (κ2) is 10.6. The first-order chi connectivity index (χ1) is 15.7. The number of fused-ring (bicyclic) bond motifs is 1. The number of ether oxygens (including phenoxy) is 3. The topological polar surface area (TPSA) is 57.7 Å². The molecule has 0 radical (unpaired) electrons. The zero-order chi connectivity index (χ0) is 22.2. The quantitative estimate of drug-likeness (QED) is 0.266. The van der Waals surface area contributed by atoms with Gasteiger partial charge in [0.05, 0.1) is 5.52 Å². The van der Waals surface area contributed by atoms with Crippen molar-refractivity contribution in [1.82, 2.24) is 4.98 Å². The predicted octanol–water partition coefficient (Wildman–Crippen LogP) is 5.37. The second-order valence-electron chi connectivity index (χ2n) is 7.35. The number of nitrogens with zero attached hydrogens (tertiary/aromatic N) is 1. The Morgan fingerprint density at radius 2 is 1.62 bits per heavy atom. The zero-order valence-electron chi connectivity index (χ0n) is 17.9. The fraction of sp³-hybridized carbons (Fsp3) is 0.185. The normalized spacial score (nSPS) is 11.8. The lowest BCUT2D eigenvalue weighted by Crippen LogP contribution is -2.31. The molecule has 32 heavy (non-hydrogen) atoms. The van der Waals surface area contributed by atoms with Crippen molar-refractivity contribution in [2.45, 2.75) is 26.1 Å². The third kappa shape index (κ3) is 5.71. The smallest absolute Gasteiger partial charge is 0.340 e. The van der Waals surface area contributed by atoms with Gasteiger partial charge in [0.2, 0.25) is 0 Å². The maximum atomic E-state index is 12.5. The molecular weight excluding hydrogens is 402 g/mol. The van der Waals surface area contributed by atoms with E-state index in [-0.39, 0.29) is 0 Å². The number of carbonyl (C=O) groups excluding carboxylic acids is 1. The van der Waals surface area contributed by atoms with E-state index in [1.165, 1.54) is 0 Å². The average molecular weight is 428 g/mol. The maximum absolute atomic E-state index is 12.5. The predicted molar refractivity (Wildman–Crippen MR) is 124 cm³/mol. The fourth-order valence-electron chi connectivity index (χ4n) is 3.38. The van der Waals surface area contributed by atoms with E-state index in [4.69, 9.17) is 14.2 Å². The summed E-state index contributed by atoms with van der Waals surface area (Å²) < 4.78 is 17.0. The first-order valence-corrected chi connectivity index (χ1v) is 10.6. The number of carbonyl (C=O) groups is 1. The number of para-hydroxylation sites is 2. The fourth-order valence-corrected chi connectivity index (χ4v) is 3.38. The molecule has 4 rings (SSSR count). The molecule has 5 nitrogen and oxygen atoms in total. The summed E-state index contributed by atoms with van der Waals surface area (Å²) in [4.78, 5) is 17.0. The average Bonchev–Trinajstić information content (AvgIpc) is 2.84. The zero-order valence-corrected chi connectivity index (χ0v) is 17.9. The van der Waals surface area contributed by atoms with Gasteiger partial charge in [-0.3, -0.25) is 4.98 Å². The van der Waals surface area contributed by atoms with Gasteiger partial charge >= 0.3 is 5.97 Å². The Hall–Kier alpha value is -3.70. The van der Waals surface area contributed by atoms with Gasteiger partial charge in [-0.2, -0.15) is 0 Å². The summed E-state index contributed by atoms with van der Waals surface area (Å²) in [6, 6.07) is 26.8. The Morgan fingerprint density at radius 1 is 0.875 bits per heavy atom. The first kappa shape index (κ1) is 21.5. The van der Waals surface area contributed by atoms with Crippen LogP contribution in [0.15, 0.2) is 91.1 Å². The highest BCUT2D eigenvalue weighted by Crippen LogP contribution is 2.19. The molecule has 1 heterocycles. The van der Waals surface area contributed by atoms with Crippen LogP contribution < -0.4 is 9.47 Å². The highest BCUT2D eigenvalue weighted by molar-refractivity contribution is 5.79. The van der Waals surface area contributed by atoms with Crippen LogP contribution >= 0.6 is 0 Å². The van der Waals surface area contributed by atoms with Crippen molar-refractivity contribution in [2.75, 3.05) is 6.61 Å². The lowest BCUT2D eigenvalue weighted by Gasteiger charge is -2.16. The van der Waals surface area contributed by atoms with Crippen molar-refractivity contribution < 1.29 is 19.0 Å². The van der Waals surface area contributed by atoms with Crippen molar-refractivity contribution in [2.24, 2.45) is 0 Å². The molecule has 1 unspecified atom stereocenters. The van der Waals surface area contributed by atoms with Crippen molar-refractivity contribution in [3.05, 3.63) is 102 Å². The van der Waals surface area contributed by atoms with E-state index in [0.717, 1.165) is 27.8 Å². The molecule has 0 aliphatic rings. The van der Waals surface area contributed by atoms with Crippen LogP contribution in [0.2, 0.25) is 0 Å². The summed E-state index contributed by atoms with van der Waals surface area (Å²) in [5, 5.41) is 1.09. The molecule has 0 amide bonds. The molecule has 0 aliphatic heterocycles. The molecule has 0 saturated carbocycles. The van der Waals surface area contributed by atoms with Gasteiger partial charge in [0.25, 0.3) is 0 Å². The largest absolute Gasteiger partial charge is 0.489 e. The van der Waals surface area contributed by atoms with E-state index in [2.05, 4.69) is 11.1 Å². The Morgan fingerprint density at radius 3 is 2.41 bits per heavy atom. The van der Waals surface area contributed by atoms with Gasteiger partial charge in [0.1, 0.15) is 18.1 Å². The van der Waals surface area contributed by atoms with Crippen molar-refractivity contribution >= 4 is 16.9 Å². The molecule has 3 aromatic carbocycles. The summed E-state index contributed by atoms with van der Waals surface area (Å²) in [6.07, 6.45) is 1.59. The van der Waals surface area contributed by atoms with E-state index in [9.17, 15) is 4.79 Å². The highest BCUT2D eigenvalue weighted by atomic mass is 16.6. The first-order valence-electron chi connectivity index (χ1n) is 10.6. The molecule has 0 aliphatic carbocycles. The van der Waals surface area contributed by atoms with Crippen LogP contribution in [0, 0.1) is 0 Å². The van der Waals surface area contributed by atoms with E-state index in [0.29, 0.717) is 25.4 Å². The molecule has 1 atom stereocenters. The van der Waals surface area contributed by atoms with Gasteiger partial charge in [-0.25, -0.2) is 4.79 Å². The van der Waals surface area contributed by atoms with E-state index in [1.807, 2.05) is 79.9 Å². The van der Waals surface area contributed by atoms with Crippen LogP contribution in [0.5, 0.6) is 11.5 Å². The van der Waals surface area contributed by atoms with E-state index >= 15 is 0 Å². The summed E-state index contributed by atoms with van der Waals surface area (Å²) in [5.74, 6) is 0.859. The van der Waals surface area contributed by atoms with Crippen molar-refractivity contribution in [3.63, 3.8) is 0 Å². The summed E-state index contributed by atoms with van der Waals surface area (Å²) in [6.45, 7) is 2.72. The van der Waals surface area contributed by atoms with E-state index < -0.39 is 12.1 Å². The van der Waals surface area contributed by atoms with Crippen LogP contribution in [0.25, 0.3) is 10.9 Å². The molecule has 0 spiro atoms. The molecule has 162 valence electrons. The van der Waals surface area contributed by atoms with Gasteiger partial charge in [0.15, 0.2) is 6.10 Å². The number of hydrogen-bond donors (Lipinski definition) is 0. The summed E-state index contributed by atoms with van der Waals surface area (Å²) in [5.41, 5.74) is 2.94. The third-order valence-corrected chi connectivity index (χ3v) is 4.99. The Labute approximate surface area is 187 Å². The second-order valence-corrected chi connectivity index (χ2v) is 7.35. The van der Waals surface area contributed by atoms with Crippen molar-refractivity contribution in [3.8, 4) is 11.5 Å². The maximum Gasteiger partial charge on any atom is 0.340 e. The van der Waals surface area contributed by atoms with Gasteiger partial charge < -0.3 is 14.2 Å². The highest BCUT2D eigenvalue weighted by Gasteiger charge is 2.21. The number of pyridine rings is 1. The number of aromatic nitrogens is 1. The van der Waals surface area contributed by atoms with Crippen LogP contribution in [0.3, 0.4) is 0 Å². The van der Waals surface area contributed by atoms with Crippen LogP contribution in [0.4, 0.5) is 0 Å². The van der Waals surface area contributed by atoms with Crippen LogP contribution in [-0.2, 0) is 22.6 Å². The van der Waals surface area contributed by atoms with Crippen molar-refractivity contribution in [1.29, 1.82) is 0 Å². The summed E-state index contributed by atoms with van der Waals surface area (Å²) in [7, 11) is 0. The third-order valence-electron chi connectivity index (χ3n) is 4.99. The van der Waals surface area contributed by atoms with Gasteiger partial charge in [0, 0.05) is 30.2 Å². The molecule has 0 bridgehead atoms. The Bertz CT molecular complexity index is 1160. The summed E-state index contributed by atoms with van der Waals surface area (Å²) >= 11 is 0. The Balaban J connectivity index is 1.35. The standard InChI is InChI=1S/C27H25NO4/c1-2-30-26(27(29)32-24-9-4-3-5-10-24)17-20-12-14-23(15-13-20)31-19-21-16-22-8-6-7-11-25(22)28-18-21/h3-16,18,26H,2,17,19H2,1H3. The van der Waals surface area contributed by atoms with Gasteiger partial charge in [-0.15, -0.1) is 0 Å². The molecule has 0 N–H and O–H groups in total. The minimum atomic E-state index is -0.671. The van der Waals surface area contributed by atoms with E-state index in [1.54, 1.807) is 12.1 Å². The minimum Gasteiger partial charge on any atom is -0.489 e. The van der Waals surface area contributed by atoms with Gasteiger partial charge in [-0.1, -0.05) is 48.5 Å². The molecule has 4 aromatic rings. The molecular formula is C27H25NO4. The van der Waals surface area contributed by atoms with Crippen LogP contribution in [0.1, 0.15) is 18.1 Å². The molecule has 0 fully saturated rings. The minimum absolute atomic E-state index is 0.401. The lowest BCUT2D eigenvalue weighted by atomic mass is 10.1. The number of benzene rings is 3. The monoisotopic (exact) mass is 427 g/mol. The molecule has 0 saturated heterocycles. The molecule has 1 aromatic heterocycles. The Kier molecular flexibility index (Phi) is 7.10. The number of rotatable bonds is 9. The molecule has 5 heteroatoms. The SMILES string of the molecule is CCOC(Cc1ccc(OCc2cnc3ccccc3c2)cc1)C(=O)Oc1ccccc1. The lowest BCUT2D eigenvalue weighted by molar-refractivity contribution is -0.147. The van der Waals surface area contributed by atoms with Crippen LogP contribution in [-0.4, -0.2) is 23.7 Å². The number of esters is 1. The number of hydrogen-bond acceptors (Lipinski definition) is 5. The van der Waals surface area contributed by atoms with Gasteiger partial charge in [-0.05, 0) is 48.9 Å².